The number of hydrogen-bond donors (Lipinski definition) is 4. The third kappa shape index (κ3) is 10.1. The van der Waals surface area contributed by atoms with E-state index in [0.29, 0.717) is 13.2 Å². The Morgan fingerprint density at radius 2 is 1.62 bits per heavy atom. The fourth-order valence-electron chi connectivity index (χ4n) is 3.99. The van der Waals surface area contributed by atoms with E-state index in [9.17, 15) is 14.7 Å². The quantitative estimate of drug-likeness (QED) is 0.290. The van der Waals surface area contributed by atoms with Crippen LogP contribution < -0.4 is 21.1 Å². The van der Waals surface area contributed by atoms with Crippen LogP contribution in [0.1, 0.15) is 45.2 Å². The summed E-state index contributed by atoms with van der Waals surface area (Å²) in [6.07, 6.45) is -0.767. The first-order chi connectivity index (χ1) is 17.6. The molecule has 2 rings (SSSR count). The fraction of sp³-hybridized carbons (Fsp3) is 0.517. The van der Waals surface area contributed by atoms with Crippen LogP contribution >= 0.6 is 0 Å². The van der Waals surface area contributed by atoms with Crippen molar-refractivity contribution in [1.29, 1.82) is 0 Å². The highest BCUT2D eigenvalue weighted by molar-refractivity contribution is 5.88. The van der Waals surface area contributed by atoms with E-state index in [1.165, 1.54) is 0 Å². The molecule has 4 atom stereocenters. The van der Waals surface area contributed by atoms with E-state index >= 15 is 0 Å². The average Bonchev–Trinajstić information content (AvgIpc) is 2.88. The van der Waals surface area contributed by atoms with Crippen LogP contribution in [-0.4, -0.2) is 48.8 Å². The second kappa shape index (κ2) is 15.3. The Morgan fingerprint density at radius 3 is 2.24 bits per heavy atom. The Labute approximate surface area is 220 Å². The topological polar surface area (TPSA) is 123 Å². The van der Waals surface area contributed by atoms with E-state index in [2.05, 4.69) is 10.6 Å². The predicted octanol–water partition coefficient (Wildman–Crippen LogP) is 3.02. The van der Waals surface area contributed by atoms with Crippen molar-refractivity contribution in [2.45, 2.75) is 65.5 Å². The molecule has 204 valence electrons. The third-order valence-corrected chi connectivity index (χ3v) is 6.40. The number of benzene rings is 2. The number of amides is 2. The molecule has 8 nitrogen and oxygen atoms in total. The van der Waals surface area contributed by atoms with Gasteiger partial charge < -0.3 is 30.9 Å². The van der Waals surface area contributed by atoms with Gasteiger partial charge >= 0.3 is 0 Å². The Kier molecular flexibility index (Phi) is 12.6. The van der Waals surface area contributed by atoms with Gasteiger partial charge in [-0.15, -0.1) is 0 Å². The van der Waals surface area contributed by atoms with Gasteiger partial charge in [0.25, 0.3) is 0 Å². The number of methoxy groups -OCH3 is 1. The molecule has 8 heteroatoms. The summed E-state index contributed by atoms with van der Waals surface area (Å²) in [7, 11) is 1.61. The Bertz CT molecular complexity index is 967. The van der Waals surface area contributed by atoms with E-state index in [1.807, 2.05) is 82.3 Å². The summed E-state index contributed by atoms with van der Waals surface area (Å²) < 4.78 is 10.9. The van der Waals surface area contributed by atoms with Gasteiger partial charge in [0.15, 0.2) is 0 Å². The normalized spacial score (nSPS) is 14.6. The van der Waals surface area contributed by atoms with Crippen LogP contribution in [0.15, 0.2) is 54.6 Å². The van der Waals surface area contributed by atoms with Crippen molar-refractivity contribution in [3.05, 3.63) is 65.7 Å². The largest absolute Gasteiger partial charge is 0.497 e. The van der Waals surface area contributed by atoms with E-state index in [4.69, 9.17) is 15.2 Å². The van der Waals surface area contributed by atoms with Gasteiger partial charge in [-0.3, -0.25) is 9.59 Å². The van der Waals surface area contributed by atoms with Crippen LogP contribution in [0.4, 0.5) is 0 Å². The third-order valence-electron chi connectivity index (χ3n) is 6.40. The maximum Gasteiger partial charge on any atom is 0.243 e. The molecule has 0 saturated heterocycles. The number of ether oxygens (including phenoxy) is 2. The number of nitrogens with one attached hydrogen (secondary N) is 2. The summed E-state index contributed by atoms with van der Waals surface area (Å²) >= 11 is 0. The van der Waals surface area contributed by atoms with Crippen LogP contribution in [-0.2, 0) is 27.5 Å². The SMILES string of the molecule is COc1cccc(COCC(N)C(O)CC(C(=O)NC(C(=O)NCc2ccccc2)C(C)C)C(C)C)c1. The lowest BCUT2D eigenvalue weighted by atomic mass is 9.87. The van der Waals surface area contributed by atoms with Crippen LogP contribution in [0.2, 0.25) is 0 Å². The monoisotopic (exact) mass is 513 g/mol. The highest BCUT2D eigenvalue weighted by atomic mass is 16.5. The zero-order valence-electron chi connectivity index (χ0n) is 22.6. The second-order valence-corrected chi connectivity index (χ2v) is 10.1. The van der Waals surface area contributed by atoms with E-state index in [1.54, 1.807) is 7.11 Å². The number of rotatable bonds is 15. The van der Waals surface area contributed by atoms with Gasteiger partial charge in [0.05, 0.1) is 32.5 Å². The molecule has 37 heavy (non-hydrogen) atoms. The minimum atomic E-state index is -0.937. The van der Waals surface area contributed by atoms with Gasteiger partial charge in [-0.2, -0.15) is 0 Å². The molecular weight excluding hydrogens is 470 g/mol. The van der Waals surface area contributed by atoms with Gasteiger partial charge in [0.1, 0.15) is 11.8 Å². The standard InChI is InChI=1S/C29H43N3O5/c1-19(2)24(15-26(33)25(30)18-37-17-22-12-9-13-23(14-22)36-5)28(34)32-27(20(3)4)29(35)31-16-21-10-7-6-8-11-21/h6-14,19-20,24-27,33H,15-18,30H2,1-5H3,(H,31,35)(H,32,34). The zero-order chi connectivity index (χ0) is 27.4. The highest BCUT2D eigenvalue weighted by Crippen LogP contribution is 2.20. The highest BCUT2D eigenvalue weighted by Gasteiger charge is 2.32. The Balaban J connectivity index is 1.90. The lowest BCUT2D eigenvalue weighted by Crippen LogP contribution is -2.52. The Morgan fingerprint density at radius 1 is 0.946 bits per heavy atom. The molecule has 0 aliphatic heterocycles. The van der Waals surface area contributed by atoms with E-state index in [0.717, 1.165) is 16.9 Å². The molecule has 4 unspecified atom stereocenters. The van der Waals surface area contributed by atoms with Gasteiger partial charge in [0.2, 0.25) is 11.8 Å². The minimum Gasteiger partial charge on any atom is -0.497 e. The molecule has 0 spiro atoms. The van der Waals surface area contributed by atoms with Crippen LogP contribution in [0.3, 0.4) is 0 Å². The molecule has 0 saturated carbocycles. The van der Waals surface area contributed by atoms with Crippen LogP contribution in [0.5, 0.6) is 5.75 Å². The van der Waals surface area contributed by atoms with Crippen molar-refractivity contribution in [2.24, 2.45) is 23.5 Å². The summed E-state index contributed by atoms with van der Waals surface area (Å²) in [5.74, 6) is -0.443. The summed E-state index contributed by atoms with van der Waals surface area (Å²) in [4.78, 5) is 26.1. The molecule has 0 aliphatic rings. The number of carbonyl (C=O) groups is 2. The molecule has 2 aromatic carbocycles. The molecular formula is C29H43N3O5. The lowest BCUT2D eigenvalue weighted by Gasteiger charge is -2.29. The summed E-state index contributed by atoms with van der Waals surface area (Å²) in [6.45, 7) is 8.48. The molecule has 5 N–H and O–H groups in total. The number of aliphatic hydroxyl groups is 1. The second-order valence-electron chi connectivity index (χ2n) is 10.1. The van der Waals surface area contributed by atoms with Gasteiger partial charge in [-0.25, -0.2) is 0 Å². The van der Waals surface area contributed by atoms with Crippen LogP contribution in [0, 0.1) is 17.8 Å². The Hall–Kier alpha value is -2.94. The minimum absolute atomic E-state index is 0.0558. The first-order valence-corrected chi connectivity index (χ1v) is 12.9. The predicted molar refractivity (Wildman–Crippen MR) is 145 cm³/mol. The van der Waals surface area contributed by atoms with Gasteiger partial charge in [-0.05, 0) is 41.5 Å². The maximum absolute atomic E-state index is 13.2. The molecule has 0 aromatic heterocycles. The lowest BCUT2D eigenvalue weighted by molar-refractivity contribution is -0.134. The number of hydrogen-bond acceptors (Lipinski definition) is 6. The smallest absolute Gasteiger partial charge is 0.243 e. The molecule has 0 bridgehead atoms. The number of aliphatic hydroxyl groups excluding tert-OH is 1. The molecule has 0 fully saturated rings. The zero-order valence-corrected chi connectivity index (χ0v) is 22.6. The molecule has 0 aliphatic carbocycles. The van der Waals surface area contributed by atoms with Crippen molar-refractivity contribution in [2.75, 3.05) is 13.7 Å². The van der Waals surface area contributed by atoms with E-state index < -0.39 is 24.1 Å². The molecule has 0 radical (unpaired) electrons. The first-order valence-electron chi connectivity index (χ1n) is 12.9. The van der Waals surface area contributed by atoms with Gasteiger partial charge in [-0.1, -0.05) is 70.2 Å². The summed E-state index contributed by atoms with van der Waals surface area (Å²) in [6, 6.07) is 15.8. The number of carbonyl (C=O) groups excluding carboxylic acids is 2. The maximum atomic E-state index is 13.2. The number of nitrogens with two attached hydrogens (primary N) is 1. The van der Waals surface area contributed by atoms with Crippen molar-refractivity contribution >= 4 is 11.8 Å². The fourth-order valence-corrected chi connectivity index (χ4v) is 3.99. The van der Waals surface area contributed by atoms with Crippen molar-refractivity contribution in [3.63, 3.8) is 0 Å². The summed E-state index contributed by atoms with van der Waals surface area (Å²) in [5, 5.41) is 16.6. The average molecular weight is 514 g/mol. The molecule has 0 heterocycles. The molecule has 2 aromatic rings. The van der Waals surface area contributed by atoms with Crippen molar-refractivity contribution in [1.82, 2.24) is 10.6 Å². The van der Waals surface area contributed by atoms with Gasteiger partial charge in [0, 0.05) is 12.5 Å². The first kappa shape index (κ1) is 30.3. The summed E-state index contributed by atoms with van der Waals surface area (Å²) in [5.41, 5.74) is 8.10. The van der Waals surface area contributed by atoms with Crippen LogP contribution in [0.25, 0.3) is 0 Å². The van der Waals surface area contributed by atoms with Crippen molar-refractivity contribution < 1.29 is 24.2 Å². The van der Waals surface area contributed by atoms with E-state index in [-0.39, 0.29) is 36.7 Å². The van der Waals surface area contributed by atoms with Crippen molar-refractivity contribution in [3.8, 4) is 5.75 Å². The molecule has 2 amide bonds.